The number of nitrogens with zero attached hydrogens (tertiary/aromatic N) is 3. The summed E-state index contributed by atoms with van der Waals surface area (Å²) in [4.78, 5) is 16.4. The first kappa shape index (κ1) is 14.5. The van der Waals surface area contributed by atoms with Crippen molar-refractivity contribution in [3.8, 4) is 17.0 Å². The highest BCUT2D eigenvalue weighted by atomic mass is 16.5. The summed E-state index contributed by atoms with van der Waals surface area (Å²) in [6, 6.07) is 9.61. The molecule has 1 aliphatic carbocycles. The molecule has 0 atom stereocenters. The van der Waals surface area contributed by atoms with Crippen LogP contribution in [0.2, 0.25) is 0 Å². The van der Waals surface area contributed by atoms with E-state index in [-0.39, 0.29) is 11.4 Å². The smallest absolute Gasteiger partial charge is 0.338 e. The number of hydrogen-bond donors (Lipinski definition) is 0. The molecule has 5 rings (SSSR count). The number of rotatable bonds is 3. The zero-order valence-electron chi connectivity index (χ0n) is 14.1. The van der Waals surface area contributed by atoms with E-state index in [0.717, 1.165) is 41.1 Å². The third-order valence-electron chi connectivity index (χ3n) is 5.19. The zero-order chi connectivity index (χ0) is 17.2. The molecule has 3 heterocycles. The molecular formula is C19H17N3O3. The Hall–Kier alpha value is -2.89. The summed E-state index contributed by atoms with van der Waals surface area (Å²) in [6.45, 7) is 2.51. The standard InChI is InChI=1S/C19H17N3O3/c1-19(7-8-19)18-20-16-15(24-2)6-5-14(22(16)21-18)11-3-4-13-12(9-11)10-25-17(13)23/h3-6,9H,7-8,10H2,1-2H3. The highest BCUT2D eigenvalue weighted by Gasteiger charge is 2.43. The summed E-state index contributed by atoms with van der Waals surface area (Å²) in [5.74, 6) is 1.30. The molecule has 25 heavy (non-hydrogen) atoms. The lowest BCUT2D eigenvalue weighted by molar-refractivity contribution is 0.0535. The number of fused-ring (bicyclic) bond motifs is 2. The second-order valence-corrected chi connectivity index (χ2v) is 6.97. The van der Waals surface area contributed by atoms with Gasteiger partial charge in [0.2, 0.25) is 0 Å². The molecule has 0 unspecified atom stereocenters. The van der Waals surface area contributed by atoms with Gasteiger partial charge in [-0.25, -0.2) is 14.3 Å². The van der Waals surface area contributed by atoms with E-state index in [1.165, 1.54) is 0 Å². The van der Waals surface area contributed by atoms with Crippen LogP contribution in [0, 0.1) is 0 Å². The maximum Gasteiger partial charge on any atom is 0.338 e. The molecule has 1 saturated carbocycles. The van der Waals surface area contributed by atoms with Crippen molar-refractivity contribution in [2.75, 3.05) is 7.11 Å². The number of pyridine rings is 1. The van der Waals surface area contributed by atoms with E-state index < -0.39 is 0 Å². The Morgan fingerprint density at radius 2 is 2.08 bits per heavy atom. The Balaban J connectivity index is 1.71. The molecule has 2 aromatic heterocycles. The van der Waals surface area contributed by atoms with E-state index in [4.69, 9.17) is 19.6 Å². The zero-order valence-corrected chi connectivity index (χ0v) is 14.1. The van der Waals surface area contributed by atoms with Gasteiger partial charge in [0.05, 0.1) is 18.4 Å². The molecule has 6 heteroatoms. The Bertz CT molecular complexity index is 1030. The number of cyclic esters (lactones) is 1. The van der Waals surface area contributed by atoms with E-state index >= 15 is 0 Å². The van der Waals surface area contributed by atoms with Crippen LogP contribution in [0.15, 0.2) is 30.3 Å². The van der Waals surface area contributed by atoms with Gasteiger partial charge in [0.1, 0.15) is 6.61 Å². The van der Waals surface area contributed by atoms with Gasteiger partial charge in [-0.2, -0.15) is 0 Å². The molecule has 0 amide bonds. The number of aromatic nitrogens is 3. The van der Waals surface area contributed by atoms with Gasteiger partial charge in [-0.05, 0) is 37.1 Å². The lowest BCUT2D eigenvalue weighted by Crippen LogP contribution is -2.03. The molecule has 126 valence electrons. The summed E-state index contributed by atoms with van der Waals surface area (Å²) < 4.78 is 12.4. The fourth-order valence-corrected chi connectivity index (χ4v) is 3.28. The van der Waals surface area contributed by atoms with E-state index in [1.54, 1.807) is 7.11 Å². The molecule has 0 N–H and O–H groups in total. The minimum atomic E-state index is -0.258. The lowest BCUT2D eigenvalue weighted by atomic mass is 10.0. The first-order valence-corrected chi connectivity index (χ1v) is 8.34. The van der Waals surface area contributed by atoms with Gasteiger partial charge in [-0.1, -0.05) is 13.0 Å². The first-order valence-electron chi connectivity index (χ1n) is 8.34. The fraction of sp³-hybridized carbons (Fsp3) is 0.316. The van der Waals surface area contributed by atoms with Crippen LogP contribution >= 0.6 is 0 Å². The van der Waals surface area contributed by atoms with Gasteiger partial charge in [-0.15, -0.1) is 5.10 Å². The summed E-state index contributed by atoms with van der Waals surface area (Å²) in [5, 5.41) is 4.77. The fourth-order valence-electron chi connectivity index (χ4n) is 3.28. The third-order valence-corrected chi connectivity index (χ3v) is 5.19. The minimum Gasteiger partial charge on any atom is -0.493 e. The maximum atomic E-state index is 11.7. The van der Waals surface area contributed by atoms with Gasteiger partial charge in [0.15, 0.2) is 17.2 Å². The highest BCUT2D eigenvalue weighted by molar-refractivity contribution is 5.94. The van der Waals surface area contributed by atoms with E-state index in [9.17, 15) is 4.79 Å². The normalized spacial score (nSPS) is 17.4. The Morgan fingerprint density at radius 1 is 1.24 bits per heavy atom. The molecule has 0 spiro atoms. The highest BCUT2D eigenvalue weighted by Crippen LogP contribution is 2.46. The van der Waals surface area contributed by atoms with Crippen molar-refractivity contribution in [1.29, 1.82) is 0 Å². The largest absolute Gasteiger partial charge is 0.493 e. The topological polar surface area (TPSA) is 65.7 Å². The van der Waals surface area contributed by atoms with Crippen LogP contribution < -0.4 is 4.74 Å². The summed E-state index contributed by atoms with van der Waals surface area (Å²) in [5.41, 5.74) is 4.23. The van der Waals surface area contributed by atoms with Crippen LogP contribution in [0.3, 0.4) is 0 Å². The van der Waals surface area contributed by atoms with Crippen LogP contribution in [-0.2, 0) is 16.8 Å². The number of benzene rings is 1. The van der Waals surface area contributed by atoms with Crippen LogP contribution in [0.25, 0.3) is 16.9 Å². The number of ether oxygens (including phenoxy) is 2. The monoisotopic (exact) mass is 335 g/mol. The van der Waals surface area contributed by atoms with Crippen molar-refractivity contribution in [2.24, 2.45) is 0 Å². The number of esters is 1. The van der Waals surface area contributed by atoms with Gasteiger partial charge in [-0.3, -0.25) is 0 Å². The molecule has 1 aromatic carbocycles. The third kappa shape index (κ3) is 2.06. The molecule has 0 bridgehead atoms. The van der Waals surface area contributed by atoms with Gasteiger partial charge < -0.3 is 9.47 Å². The van der Waals surface area contributed by atoms with Crippen molar-refractivity contribution in [2.45, 2.75) is 31.8 Å². The van der Waals surface area contributed by atoms with Crippen molar-refractivity contribution >= 4 is 11.6 Å². The van der Waals surface area contributed by atoms with Crippen molar-refractivity contribution in [3.63, 3.8) is 0 Å². The molecule has 1 fully saturated rings. The van der Waals surface area contributed by atoms with E-state index in [2.05, 4.69) is 6.92 Å². The quantitative estimate of drug-likeness (QED) is 0.688. The number of carbonyl (C=O) groups is 1. The summed E-state index contributed by atoms with van der Waals surface area (Å²) in [7, 11) is 1.64. The molecule has 6 nitrogen and oxygen atoms in total. The Labute approximate surface area is 144 Å². The van der Waals surface area contributed by atoms with Gasteiger partial charge in [0, 0.05) is 16.5 Å². The van der Waals surface area contributed by atoms with Crippen LogP contribution in [0.1, 0.15) is 41.5 Å². The second-order valence-electron chi connectivity index (χ2n) is 6.97. The molecule has 1 aliphatic heterocycles. The van der Waals surface area contributed by atoms with E-state index in [1.807, 2.05) is 34.8 Å². The molecule has 0 saturated heterocycles. The summed E-state index contributed by atoms with van der Waals surface area (Å²) >= 11 is 0. The van der Waals surface area contributed by atoms with Crippen molar-refractivity contribution in [3.05, 3.63) is 47.3 Å². The van der Waals surface area contributed by atoms with Crippen molar-refractivity contribution < 1.29 is 14.3 Å². The van der Waals surface area contributed by atoms with Gasteiger partial charge in [0.25, 0.3) is 0 Å². The van der Waals surface area contributed by atoms with E-state index in [0.29, 0.717) is 17.9 Å². The predicted octanol–water partition coefficient (Wildman–Crippen LogP) is 3.13. The van der Waals surface area contributed by atoms with Crippen molar-refractivity contribution in [1.82, 2.24) is 14.6 Å². The minimum absolute atomic E-state index is 0.0759. The maximum absolute atomic E-state index is 11.7. The Morgan fingerprint density at radius 3 is 2.84 bits per heavy atom. The average molecular weight is 335 g/mol. The summed E-state index contributed by atoms with van der Waals surface area (Å²) in [6.07, 6.45) is 2.22. The van der Waals surface area contributed by atoms with Crippen LogP contribution in [0.5, 0.6) is 5.75 Å². The molecular weight excluding hydrogens is 318 g/mol. The molecule has 2 aliphatic rings. The van der Waals surface area contributed by atoms with Crippen LogP contribution in [0.4, 0.5) is 0 Å². The van der Waals surface area contributed by atoms with Gasteiger partial charge >= 0.3 is 5.97 Å². The number of methoxy groups -OCH3 is 1. The average Bonchev–Trinajstić information content (AvgIpc) is 3.06. The Kier molecular flexibility index (Phi) is 2.78. The second kappa shape index (κ2) is 4.81. The molecule has 3 aromatic rings. The number of hydrogen-bond acceptors (Lipinski definition) is 5. The lowest BCUT2D eigenvalue weighted by Gasteiger charge is -2.08. The predicted molar refractivity (Wildman–Crippen MR) is 90.7 cm³/mol. The number of carbonyl (C=O) groups excluding carboxylic acids is 1. The first-order chi connectivity index (χ1) is 12.1. The SMILES string of the molecule is COc1ccc(-c2ccc3c(c2)COC3=O)n2nc(C3(C)CC3)nc12. The van der Waals surface area contributed by atoms with Crippen LogP contribution in [-0.4, -0.2) is 27.7 Å². The molecule has 0 radical (unpaired) electrons.